The van der Waals surface area contributed by atoms with Crippen LogP contribution in [0.2, 0.25) is 0 Å². The first kappa shape index (κ1) is 55.8. The number of nitrogens with one attached hydrogen (secondary N) is 7. The fourth-order valence-corrected chi connectivity index (χ4v) is 13.2. The third-order valence-corrected chi connectivity index (χ3v) is 17.1. The van der Waals surface area contributed by atoms with Crippen LogP contribution in [0, 0.1) is 28.6 Å². The summed E-state index contributed by atoms with van der Waals surface area (Å²) in [5.74, 6) is -2.43. The standard InChI is InChI=1S/C57H76N8O10/c1-33(2)47(61-34(3)66)49(70)64-43(11-8-28-59-52(58)73)48(69)63-38-18-12-35(13-19-38)32-75-53(74)60-31-46(68)62-39-20-14-36-16-22-44-54(4,41(36)29-39)24-9-26-56(44,6)50(71)65-51(72)57(7)27-10-25-55(5)42-30-40(67)21-15-37(42)17-23-45(55)57/h12-15,18-21,29-30,33,43-45,47,67H,8-11,16-17,22-28,31-32H2,1-7H3,(H,60,74)(H,61,66)(H,62,68)(H,63,69)(H,64,70)(H3,58,59,73)(H,65,71,72)/t43-,44+,45+,47-,54+,55+,56-,57-/m0/s1. The number of benzene rings is 3. The molecule has 7 rings (SSSR count). The molecule has 0 radical (unpaired) electrons. The Kier molecular flexibility index (Phi) is 17.0. The van der Waals surface area contributed by atoms with Crippen LogP contribution in [0.5, 0.6) is 5.75 Å². The van der Waals surface area contributed by atoms with Gasteiger partial charge in [0.15, 0.2) is 0 Å². The summed E-state index contributed by atoms with van der Waals surface area (Å²) in [5, 5.41) is 29.4. The fourth-order valence-electron chi connectivity index (χ4n) is 13.2. The second-order valence-electron chi connectivity index (χ2n) is 22.6. The summed E-state index contributed by atoms with van der Waals surface area (Å²) >= 11 is 0. The Bertz CT molecular complexity index is 2690. The molecule has 10 N–H and O–H groups in total. The number of imide groups is 1. The number of anilines is 2. The molecule has 0 aliphatic heterocycles. The van der Waals surface area contributed by atoms with E-state index in [0.717, 1.165) is 68.1 Å². The lowest BCUT2D eigenvalue weighted by atomic mass is 9.49. The number of alkyl carbamates (subject to hydrolysis) is 1. The molecule has 4 aliphatic carbocycles. The van der Waals surface area contributed by atoms with E-state index >= 15 is 0 Å². The molecule has 2 fully saturated rings. The zero-order valence-electron chi connectivity index (χ0n) is 44.5. The number of hydrogen-bond acceptors (Lipinski definition) is 10. The molecule has 18 heteroatoms. The van der Waals surface area contributed by atoms with E-state index in [9.17, 15) is 43.5 Å². The van der Waals surface area contributed by atoms with Crippen molar-refractivity contribution in [1.82, 2.24) is 26.6 Å². The van der Waals surface area contributed by atoms with Crippen LogP contribution in [0.25, 0.3) is 0 Å². The number of aryl methyl sites for hydroxylation is 2. The number of rotatable bonds is 17. The van der Waals surface area contributed by atoms with Gasteiger partial charge in [0, 0.05) is 24.8 Å². The summed E-state index contributed by atoms with van der Waals surface area (Å²) in [7, 11) is 0. The number of fused-ring (bicyclic) bond motifs is 6. The van der Waals surface area contributed by atoms with Crippen molar-refractivity contribution in [2.75, 3.05) is 23.7 Å². The number of carbonyl (C=O) groups is 8. The molecular formula is C57H76N8O10. The SMILES string of the molecule is CC(=O)N[C@H](C(=O)N[C@@H](CCCNC(N)=O)C(=O)Nc1ccc(COC(=O)NCC(=O)Nc2ccc3c(c2)[C@@]2(C)CCC[C@](C)(C(=O)NC(=O)[C@@]4(C)CCC[C@]5(C)c6cc(O)ccc6CC[C@@H]45)[C@@H]2CC3)cc1)C(C)C. The number of aromatic hydroxyl groups is 1. The molecule has 3 aromatic carbocycles. The largest absolute Gasteiger partial charge is 0.508 e. The zero-order valence-corrected chi connectivity index (χ0v) is 44.5. The van der Waals surface area contributed by atoms with Crippen LogP contribution >= 0.6 is 0 Å². The maximum atomic E-state index is 14.7. The minimum absolute atomic E-state index is 0.0146. The summed E-state index contributed by atoms with van der Waals surface area (Å²) in [6.07, 6.45) is 7.57. The highest BCUT2D eigenvalue weighted by Gasteiger charge is 2.58. The van der Waals surface area contributed by atoms with Gasteiger partial charge in [-0.1, -0.05) is 78.6 Å². The summed E-state index contributed by atoms with van der Waals surface area (Å²) in [4.78, 5) is 105. The van der Waals surface area contributed by atoms with Crippen LogP contribution in [0.1, 0.15) is 140 Å². The van der Waals surface area contributed by atoms with Crippen molar-refractivity contribution in [3.63, 3.8) is 0 Å². The number of amides is 9. The molecular weight excluding hydrogens is 957 g/mol. The Labute approximate surface area is 439 Å². The third kappa shape index (κ3) is 12.3. The molecule has 0 unspecified atom stereocenters. The molecule has 0 saturated heterocycles. The quantitative estimate of drug-likeness (QED) is 0.0513. The highest BCUT2D eigenvalue weighted by atomic mass is 16.5. The van der Waals surface area contributed by atoms with Gasteiger partial charge < -0.3 is 47.5 Å². The molecule has 404 valence electrons. The summed E-state index contributed by atoms with van der Waals surface area (Å²) in [6.45, 7) is 13.0. The van der Waals surface area contributed by atoms with E-state index < -0.39 is 64.1 Å². The first-order valence-corrected chi connectivity index (χ1v) is 26.5. The van der Waals surface area contributed by atoms with Crippen LogP contribution < -0.4 is 43.0 Å². The fraction of sp³-hybridized carbons (Fsp3) is 0.544. The van der Waals surface area contributed by atoms with Crippen LogP contribution in [0.3, 0.4) is 0 Å². The minimum atomic E-state index is -1.01. The molecule has 0 spiro atoms. The van der Waals surface area contributed by atoms with E-state index in [-0.39, 0.29) is 66.8 Å². The number of phenolic OH excluding ortho intramolecular Hbond substituents is 1. The van der Waals surface area contributed by atoms with Crippen molar-refractivity contribution < 1.29 is 48.2 Å². The van der Waals surface area contributed by atoms with Crippen LogP contribution in [0.15, 0.2) is 60.7 Å². The number of primary amides is 1. The average Bonchev–Trinajstić information content (AvgIpc) is 3.35. The van der Waals surface area contributed by atoms with Crippen molar-refractivity contribution in [1.29, 1.82) is 0 Å². The number of urea groups is 1. The Balaban J connectivity index is 0.910. The van der Waals surface area contributed by atoms with Gasteiger partial charge >= 0.3 is 12.1 Å². The normalized spacial score (nSPS) is 25.2. The number of hydrogen-bond donors (Lipinski definition) is 9. The molecule has 75 heavy (non-hydrogen) atoms. The van der Waals surface area contributed by atoms with E-state index in [1.165, 1.54) is 12.5 Å². The van der Waals surface area contributed by atoms with E-state index in [4.69, 9.17) is 10.5 Å². The first-order valence-electron chi connectivity index (χ1n) is 26.5. The van der Waals surface area contributed by atoms with Crippen molar-refractivity contribution in [2.24, 2.45) is 34.3 Å². The number of ether oxygens (including phenoxy) is 1. The van der Waals surface area contributed by atoms with Gasteiger partial charge in [-0.2, -0.15) is 0 Å². The van der Waals surface area contributed by atoms with Gasteiger partial charge in [-0.3, -0.25) is 34.1 Å². The average molecular weight is 1030 g/mol. The summed E-state index contributed by atoms with van der Waals surface area (Å²) in [6, 6.07) is 15.3. The van der Waals surface area contributed by atoms with Gasteiger partial charge in [0.1, 0.15) is 31.0 Å². The summed E-state index contributed by atoms with van der Waals surface area (Å²) < 4.78 is 5.37. The lowest BCUT2D eigenvalue weighted by molar-refractivity contribution is -0.150. The number of nitrogens with two attached hydrogens (primary N) is 1. The monoisotopic (exact) mass is 1030 g/mol. The minimum Gasteiger partial charge on any atom is -0.508 e. The van der Waals surface area contributed by atoms with E-state index in [2.05, 4.69) is 51.1 Å². The molecule has 4 aliphatic rings. The molecule has 0 bridgehead atoms. The van der Waals surface area contributed by atoms with Gasteiger partial charge in [0.2, 0.25) is 35.4 Å². The van der Waals surface area contributed by atoms with Crippen LogP contribution in [-0.4, -0.2) is 77.8 Å². The zero-order chi connectivity index (χ0) is 54.5. The Morgan fingerprint density at radius 1 is 0.707 bits per heavy atom. The van der Waals surface area contributed by atoms with Gasteiger partial charge in [-0.05, 0) is 157 Å². The molecule has 9 amide bonds. The van der Waals surface area contributed by atoms with Crippen molar-refractivity contribution in [3.05, 3.63) is 88.5 Å². The maximum absolute atomic E-state index is 14.7. The Morgan fingerprint density at radius 2 is 1.28 bits per heavy atom. The third-order valence-electron chi connectivity index (χ3n) is 17.1. The van der Waals surface area contributed by atoms with Crippen molar-refractivity contribution in [3.8, 4) is 5.75 Å². The molecule has 18 nitrogen and oxygen atoms in total. The predicted octanol–water partition coefficient (Wildman–Crippen LogP) is 6.65. The van der Waals surface area contributed by atoms with E-state index in [0.29, 0.717) is 36.2 Å². The first-order chi connectivity index (χ1) is 35.5. The highest BCUT2D eigenvalue weighted by molar-refractivity contribution is 6.01. The van der Waals surface area contributed by atoms with E-state index in [1.54, 1.807) is 44.2 Å². The molecule has 2 saturated carbocycles. The van der Waals surface area contributed by atoms with Gasteiger partial charge in [0.05, 0.1) is 10.8 Å². The van der Waals surface area contributed by atoms with Gasteiger partial charge in [-0.15, -0.1) is 0 Å². The Morgan fingerprint density at radius 3 is 1.85 bits per heavy atom. The lowest BCUT2D eigenvalue weighted by Crippen LogP contribution is -2.60. The molecule has 8 atom stereocenters. The highest BCUT2D eigenvalue weighted by Crippen LogP contribution is 2.60. The van der Waals surface area contributed by atoms with Crippen LogP contribution in [0.4, 0.5) is 21.0 Å². The maximum Gasteiger partial charge on any atom is 0.407 e. The van der Waals surface area contributed by atoms with Crippen molar-refractivity contribution in [2.45, 2.75) is 155 Å². The summed E-state index contributed by atoms with van der Waals surface area (Å²) in [5.41, 5.74) is 8.99. The number of carbonyl (C=O) groups excluding carboxylic acids is 8. The lowest BCUT2D eigenvalue weighted by Gasteiger charge is -2.56. The van der Waals surface area contributed by atoms with Crippen LogP contribution in [-0.2, 0) is 63.8 Å². The second kappa shape index (κ2) is 22.9. The van der Waals surface area contributed by atoms with Gasteiger partial charge in [0.25, 0.3) is 0 Å². The molecule has 0 heterocycles. The predicted molar refractivity (Wildman–Crippen MR) is 283 cm³/mol. The smallest absolute Gasteiger partial charge is 0.407 e. The number of phenols is 1. The molecule has 3 aromatic rings. The second-order valence-corrected chi connectivity index (χ2v) is 22.6. The topological polar surface area (TPSA) is 276 Å². The van der Waals surface area contributed by atoms with Crippen molar-refractivity contribution >= 4 is 58.9 Å². The van der Waals surface area contributed by atoms with E-state index in [1.807, 2.05) is 44.2 Å². The Hall–Kier alpha value is -6.98. The van der Waals surface area contributed by atoms with Gasteiger partial charge in [-0.25, -0.2) is 9.59 Å². The molecule has 0 aromatic heterocycles.